The van der Waals surface area contributed by atoms with Crippen LogP contribution in [0.5, 0.6) is 5.75 Å². The van der Waals surface area contributed by atoms with E-state index in [-0.39, 0.29) is 17.1 Å². The lowest BCUT2D eigenvalue weighted by Gasteiger charge is -2.28. The SMILES string of the molecule is O=C(c1ncccn1)N1C[C@H]2CCC[C@@]2(COc2cccnc2)C1. The van der Waals surface area contributed by atoms with Gasteiger partial charge in [0.1, 0.15) is 5.75 Å². The zero-order valence-electron chi connectivity index (χ0n) is 13.5. The molecule has 2 aliphatic rings. The van der Waals surface area contributed by atoms with Gasteiger partial charge in [-0.15, -0.1) is 0 Å². The quantitative estimate of drug-likeness (QED) is 0.862. The van der Waals surface area contributed by atoms with Gasteiger partial charge in [-0.2, -0.15) is 0 Å². The van der Waals surface area contributed by atoms with E-state index in [1.165, 1.54) is 6.42 Å². The molecule has 6 heteroatoms. The average molecular weight is 324 g/mol. The van der Waals surface area contributed by atoms with Crippen LogP contribution in [-0.2, 0) is 0 Å². The van der Waals surface area contributed by atoms with Crippen molar-refractivity contribution in [3.63, 3.8) is 0 Å². The maximum Gasteiger partial charge on any atom is 0.291 e. The molecule has 0 N–H and O–H groups in total. The fourth-order valence-corrected chi connectivity index (χ4v) is 4.02. The molecular weight excluding hydrogens is 304 g/mol. The molecule has 2 fully saturated rings. The summed E-state index contributed by atoms with van der Waals surface area (Å²) in [5.74, 6) is 1.47. The molecule has 4 rings (SSSR count). The van der Waals surface area contributed by atoms with Crippen LogP contribution in [0.15, 0.2) is 43.0 Å². The lowest BCUT2D eigenvalue weighted by molar-refractivity contribution is 0.0734. The summed E-state index contributed by atoms with van der Waals surface area (Å²) in [6, 6.07) is 5.51. The lowest BCUT2D eigenvalue weighted by Crippen LogP contribution is -2.36. The third kappa shape index (κ3) is 2.72. The molecule has 3 heterocycles. The van der Waals surface area contributed by atoms with Gasteiger partial charge in [-0.05, 0) is 37.0 Å². The van der Waals surface area contributed by atoms with Crippen LogP contribution in [0.4, 0.5) is 0 Å². The van der Waals surface area contributed by atoms with Gasteiger partial charge >= 0.3 is 0 Å². The van der Waals surface area contributed by atoms with E-state index in [9.17, 15) is 4.79 Å². The molecule has 1 saturated heterocycles. The topological polar surface area (TPSA) is 68.2 Å². The molecule has 0 aromatic carbocycles. The Morgan fingerprint density at radius 3 is 2.96 bits per heavy atom. The molecule has 24 heavy (non-hydrogen) atoms. The molecule has 2 aromatic heterocycles. The Hall–Kier alpha value is -2.50. The summed E-state index contributed by atoms with van der Waals surface area (Å²) in [6.07, 6.45) is 10.1. The number of amides is 1. The zero-order chi connectivity index (χ0) is 16.4. The number of carbonyl (C=O) groups is 1. The lowest BCUT2D eigenvalue weighted by atomic mass is 9.81. The number of aromatic nitrogens is 3. The van der Waals surface area contributed by atoms with E-state index in [0.717, 1.165) is 31.7 Å². The number of rotatable bonds is 4. The Labute approximate surface area is 140 Å². The van der Waals surface area contributed by atoms with Crippen molar-refractivity contribution in [3.8, 4) is 5.75 Å². The maximum absolute atomic E-state index is 12.6. The Morgan fingerprint density at radius 2 is 2.17 bits per heavy atom. The van der Waals surface area contributed by atoms with Gasteiger partial charge in [-0.3, -0.25) is 9.78 Å². The third-order valence-corrected chi connectivity index (χ3v) is 5.24. The number of likely N-dealkylation sites (tertiary alicyclic amines) is 1. The molecule has 124 valence electrons. The molecule has 0 radical (unpaired) electrons. The molecule has 2 aromatic rings. The molecule has 1 amide bonds. The van der Waals surface area contributed by atoms with E-state index >= 15 is 0 Å². The van der Waals surface area contributed by atoms with Gasteiger partial charge in [0.15, 0.2) is 0 Å². The zero-order valence-corrected chi connectivity index (χ0v) is 13.5. The van der Waals surface area contributed by atoms with Crippen molar-refractivity contribution in [2.75, 3.05) is 19.7 Å². The van der Waals surface area contributed by atoms with Gasteiger partial charge in [0.25, 0.3) is 5.91 Å². The molecule has 0 bridgehead atoms. The number of ether oxygens (including phenoxy) is 1. The molecule has 2 atom stereocenters. The number of fused-ring (bicyclic) bond motifs is 1. The van der Waals surface area contributed by atoms with Crippen molar-refractivity contribution in [2.45, 2.75) is 19.3 Å². The number of nitrogens with zero attached hydrogens (tertiary/aromatic N) is 4. The van der Waals surface area contributed by atoms with Crippen molar-refractivity contribution in [1.29, 1.82) is 0 Å². The highest BCUT2D eigenvalue weighted by Crippen LogP contribution is 2.49. The second kappa shape index (κ2) is 6.19. The first-order valence-electron chi connectivity index (χ1n) is 8.36. The molecule has 1 aliphatic heterocycles. The van der Waals surface area contributed by atoms with Crippen molar-refractivity contribution in [2.24, 2.45) is 11.3 Å². The summed E-state index contributed by atoms with van der Waals surface area (Å²) < 4.78 is 6.00. The van der Waals surface area contributed by atoms with Crippen LogP contribution in [0, 0.1) is 11.3 Å². The van der Waals surface area contributed by atoms with Gasteiger partial charge < -0.3 is 9.64 Å². The highest BCUT2D eigenvalue weighted by molar-refractivity contribution is 5.90. The fourth-order valence-electron chi connectivity index (χ4n) is 4.02. The summed E-state index contributed by atoms with van der Waals surface area (Å²) in [4.78, 5) is 26.8. The van der Waals surface area contributed by atoms with E-state index in [1.807, 2.05) is 17.0 Å². The second-order valence-corrected chi connectivity index (χ2v) is 6.69. The minimum atomic E-state index is -0.0780. The highest BCUT2D eigenvalue weighted by Gasteiger charge is 2.51. The summed E-state index contributed by atoms with van der Waals surface area (Å²) in [6.45, 7) is 2.12. The second-order valence-electron chi connectivity index (χ2n) is 6.69. The van der Waals surface area contributed by atoms with Crippen molar-refractivity contribution >= 4 is 5.91 Å². The predicted octanol–water partition coefficient (Wildman–Crippen LogP) is 2.19. The standard InChI is InChI=1S/C18H20N4O2/c23-17(16-20-8-3-9-21-16)22-11-14-4-1-6-18(14,12-22)13-24-15-5-2-7-19-10-15/h2-3,5,7-10,14H,1,4,6,11-13H2/t14-,18+/m1/s1. The number of hydrogen-bond acceptors (Lipinski definition) is 5. The average Bonchev–Trinajstić information content (AvgIpc) is 3.18. The Bertz CT molecular complexity index is 709. The Morgan fingerprint density at radius 1 is 1.29 bits per heavy atom. The normalized spacial score (nSPS) is 25.5. The molecule has 0 unspecified atom stereocenters. The van der Waals surface area contributed by atoms with Gasteiger partial charge in [0, 0.05) is 37.1 Å². The summed E-state index contributed by atoms with van der Waals surface area (Å²) in [5, 5.41) is 0. The van der Waals surface area contributed by atoms with Crippen LogP contribution in [0.3, 0.4) is 0 Å². The molecule has 1 aliphatic carbocycles. The van der Waals surface area contributed by atoms with Crippen LogP contribution in [0.2, 0.25) is 0 Å². The minimum Gasteiger partial charge on any atom is -0.491 e. The minimum absolute atomic E-state index is 0.0419. The van der Waals surface area contributed by atoms with Gasteiger partial charge in [0.05, 0.1) is 12.8 Å². The van der Waals surface area contributed by atoms with E-state index in [0.29, 0.717) is 12.5 Å². The van der Waals surface area contributed by atoms with Gasteiger partial charge in [0.2, 0.25) is 5.82 Å². The molecule has 6 nitrogen and oxygen atoms in total. The number of pyridine rings is 1. The Kier molecular flexibility index (Phi) is 3.88. The van der Waals surface area contributed by atoms with Gasteiger partial charge in [-0.25, -0.2) is 9.97 Å². The summed E-state index contributed by atoms with van der Waals surface area (Å²) in [7, 11) is 0. The monoisotopic (exact) mass is 324 g/mol. The van der Waals surface area contributed by atoms with E-state index in [4.69, 9.17) is 4.74 Å². The van der Waals surface area contributed by atoms with Crippen LogP contribution < -0.4 is 4.74 Å². The predicted molar refractivity (Wildman–Crippen MR) is 87.4 cm³/mol. The largest absolute Gasteiger partial charge is 0.491 e. The fraction of sp³-hybridized carbons (Fsp3) is 0.444. The highest BCUT2D eigenvalue weighted by atomic mass is 16.5. The van der Waals surface area contributed by atoms with Crippen molar-refractivity contribution in [3.05, 3.63) is 48.8 Å². The summed E-state index contributed by atoms with van der Waals surface area (Å²) >= 11 is 0. The number of hydrogen-bond donors (Lipinski definition) is 0. The maximum atomic E-state index is 12.6. The molecular formula is C18H20N4O2. The third-order valence-electron chi connectivity index (χ3n) is 5.24. The summed E-state index contributed by atoms with van der Waals surface area (Å²) in [5.41, 5.74) is 0.0419. The number of carbonyl (C=O) groups excluding carboxylic acids is 1. The van der Waals surface area contributed by atoms with Crippen LogP contribution in [0.25, 0.3) is 0 Å². The Balaban J connectivity index is 1.48. The molecule has 1 saturated carbocycles. The van der Waals surface area contributed by atoms with Crippen LogP contribution in [-0.4, -0.2) is 45.5 Å². The van der Waals surface area contributed by atoms with Crippen LogP contribution >= 0.6 is 0 Å². The van der Waals surface area contributed by atoms with Crippen LogP contribution in [0.1, 0.15) is 29.9 Å². The van der Waals surface area contributed by atoms with Crippen molar-refractivity contribution in [1.82, 2.24) is 19.9 Å². The van der Waals surface area contributed by atoms with Gasteiger partial charge in [-0.1, -0.05) is 6.42 Å². The van der Waals surface area contributed by atoms with E-state index in [1.54, 1.807) is 30.9 Å². The van der Waals surface area contributed by atoms with Crippen molar-refractivity contribution < 1.29 is 9.53 Å². The first-order valence-corrected chi connectivity index (χ1v) is 8.36. The first kappa shape index (κ1) is 15.1. The van der Waals surface area contributed by atoms with E-state index in [2.05, 4.69) is 15.0 Å². The smallest absolute Gasteiger partial charge is 0.291 e. The molecule has 0 spiro atoms. The first-order chi connectivity index (χ1) is 11.8. The van der Waals surface area contributed by atoms with E-state index < -0.39 is 0 Å².